The van der Waals surface area contributed by atoms with Crippen LogP contribution in [0.3, 0.4) is 0 Å². The maximum Gasteiger partial charge on any atom is 0.238 e. The predicted molar refractivity (Wildman–Crippen MR) is 103 cm³/mol. The van der Waals surface area contributed by atoms with Crippen molar-refractivity contribution in [1.82, 2.24) is 5.32 Å². The van der Waals surface area contributed by atoms with Crippen LogP contribution in [0.2, 0.25) is 0 Å². The maximum atomic E-state index is 12.9. The molecule has 0 atom stereocenters. The number of para-hydroxylation sites is 1. The molecule has 0 heterocycles. The van der Waals surface area contributed by atoms with E-state index in [1.54, 1.807) is 19.2 Å². The number of hydrogen-bond acceptors (Lipinski definition) is 4. The second kappa shape index (κ2) is 7.70. The molecular weight excluding hydrogens is 364 g/mol. The first-order valence-electron chi connectivity index (χ1n) is 8.90. The van der Waals surface area contributed by atoms with Crippen LogP contribution in [-0.4, -0.2) is 28.0 Å². The summed E-state index contributed by atoms with van der Waals surface area (Å²) >= 11 is 0. The molecule has 3 rings (SSSR count). The van der Waals surface area contributed by atoms with Crippen molar-refractivity contribution in [2.75, 3.05) is 13.7 Å². The van der Waals surface area contributed by atoms with E-state index in [9.17, 15) is 13.2 Å². The van der Waals surface area contributed by atoms with Crippen molar-refractivity contribution < 1.29 is 17.9 Å². The number of nitrogens with two attached hydrogens (primary N) is 1. The van der Waals surface area contributed by atoms with Gasteiger partial charge in [-0.3, -0.25) is 4.79 Å². The van der Waals surface area contributed by atoms with Gasteiger partial charge in [0.25, 0.3) is 0 Å². The highest BCUT2D eigenvalue weighted by Gasteiger charge is 2.47. The number of nitrogens with one attached hydrogen (secondary N) is 1. The minimum atomic E-state index is -3.69. The second-order valence-electron chi connectivity index (χ2n) is 6.83. The molecule has 3 N–H and O–H groups in total. The molecule has 27 heavy (non-hydrogen) atoms. The number of rotatable bonds is 7. The van der Waals surface area contributed by atoms with Gasteiger partial charge in [0.1, 0.15) is 5.75 Å². The monoisotopic (exact) mass is 388 g/mol. The van der Waals surface area contributed by atoms with Gasteiger partial charge in [-0.25, -0.2) is 13.6 Å². The molecule has 1 aliphatic carbocycles. The predicted octanol–water partition coefficient (Wildman–Crippen LogP) is 2.12. The van der Waals surface area contributed by atoms with Crippen molar-refractivity contribution in [3.63, 3.8) is 0 Å². The fourth-order valence-corrected chi connectivity index (χ4v) is 4.04. The van der Waals surface area contributed by atoms with Gasteiger partial charge in [-0.15, -0.1) is 0 Å². The summed E-state index contributed by atoms with van der Waals surface area (Å²) in [6.45, 7) is 0.477. The standard InChI is InChI=1S/C20H24N2O4S/c1-26-18-6-3-2-5-17(18)20(12-4-13-20)19(23)22-14-11-15-7-9-16(10-8-15)27(21,24)25/h2-3,5-10H,4,11-14H2,1H3,(H,22,23)(H2,21,24,25). The summed E-state index contributed by atoms with van der Waals surface area (Å²) < 4.78 is 28.0. The van der Waals surface area contributed by atoms with Gasteiger partial charge in [-0.1, -0.05) is 36.8 Å². The Hall–Kier alpha value is -2.38. The highest BCUT2D eigenvalue weighted by Crippen LogP contribution is 2.47. The van der Waals surface area contributed by atoms with Gasteiger partial charge in [-0.05, 0) is 43.0 Å². The van der Waals surface area contributed by atoms with E-state index in [2.05, 4.69) is 5.32 Å². The third kappa shape index (κ3) is 3.99. The summed E-state index contributed by atoms with van der Waals surface area (Å²) in [5.41, 5.74) is 1.35. The fraction of sp³-hybridized carbons (Fsp3) is 0.350. The average Bonchev–Trinajstić information content (AvgIpc) is 2.61. The summed E-state index contributed by atoms with van der Waals surface area (Å²) in [5, 5.41) is 8.13. The Kier molecular flexibility index (Phi) is 5.53. The van der Waals surface area contributed by atoms with Gasteiger partial charge < -0.3 is 10.1 Å². The van der Waals surface area contributed by atoms with E-state index in [0.717, 1.165) is 36.1 Å². The molecule has 1 fully saturated rings. The van der Waals surface area contributed by atoms with Crippen molar-refractivity contribution >= 4 is 15.9 Å². The van der Waals surface area contributed by atoms with Crippen LogP contribution in [0, 0.1) is 0 Å². The Morgan fingerprint density at radius 3 is 2.37 bits per heavy atom. The lowest BCUT2D eigenvalue weighted by molar-refractivity contribution is -0.129. The first-order chi connectivity index (χ1) is 12.9. The molecule has 0 aromatic heterocycles. The van der Waals surface area contributed by atoms with E-state index in [-0.39, 0.29) is 10.8 Å². The Morgan fingerprint density at radius 1 is 1.15 bits per heavy atom. The van der Waals surface area contributed by atoms with Gasteiger partial charge in [0.15, 0.2) is 0 Å². The molecule has 2 aromatic rings. The zero-order valence-corrected chi connectivity index (χ0v) is 16.1. The second-order valence-corrected chi connectivity index (χ2v) is 8.39. The van der Waals surface area contributed by atoms with Gasteiger partial charge >= 0.3 is 0 Å². The maximum absolute atomic E-state index is 12.9. The summed E-state index contributed by atoms with van der Waals surface area (Å²) in [4.78, 5) is 13.0. The molecule has 1 amide bonds. The summed E-state index contributed by atoms with van der Waals surface area (Å²) in [6, 6.07) is 14.1. The summed E-state index contributed by atoms with van der Waals surface area (Å²) in [6.07, 6.45) is 3.24. The molecule has 0 saturated heterocycles. The van der Waals surface area contributed by atoms with Crippen LogP contribution in [0.15, 0.2) is 53.4 Å². The first-order valence-corrected chi connectivity index (χ1v) is 10.4. The molecule has 0 unspecified atom stereocenters. The molecule has 0 aliphatic heterocycles. The number of hydrogen-bond donors (Lipinski definition) is 2. The Bertz CT molecular complexity index is 919. The number of sulfonamides is 1. The quantitative estimate of drug-likeness (QED) is 0.759. The molecule has 0 radical (unpaired) electrons. The lowest BCUT2D eigenvalue weighted by atomic mass is 9.63. The molecule has 144 valence electrons. The molecule has 2 aromatic carbocycles. The van der Waals surface area contributed by atoms with Crippen molar-refractivity contribution in [2.24, 2.45) is 5.14 Å². The molecule has 1 saturated carbocycles. The van der Waals surface area contributed by atoms with Crippen molar-refractivity contribution in [2.45, 2.75) is 36.0 Å². The number of ether oxygens (including phenoxy) is 1. The number of carbonyl (C=O) groups excluding carboxylic acids is 1. The van der Waals surface area contributed by atoms with Gasteiger partial charge in [-0.2, -0.15) is 0 Å². The lowest BCUT2D eigenvalue weighted by Gasteiger charge is -2.41. The lowest BCUT2D eigenvalue weighted by Crippen LogP contribution is -2.49. The van der Waals surface area contributed by atoms with E-state index in [0.29, 0.717) is 13.0 Å². The summed E-state index contributed by atoms with van der Waals surface area (Å²) in [5.74, 6) is 0.755. The van der Waals surface area contributed by atoms with Crippen molar-refractivity contribution in [3.05, 3.63) is 59.7 Å². The normalized spacial score (nSPS) is 15.6. The van der Waals surface area contributed by atoms with Gasteiger partial charge in [0.05, 0.1) is 17.4 Å². The Morgan fingerprint density at radius 2 is 1.81 bits per heavy atom. The molecule has 6 nitrogen and oxygen atoms in total. The molecular formula is C20H24N2O4S. The fourth-order valence-electron chi connectivity index (χ4n) is 3.52. The average molecular weight is 388 g/mol. The van der Waals surface area contributed by atoms with Crippen LogP contribution in [0.4, 0.5) is 0 Å². The van der Waals surface area contributed by atoms with Gasteiger partial charge in [0.2, 0.25) is 15.9 Å². The van der Waals surface area contributed by atoms with Crippen molar-refractivity contribution in [1.29, 1.82) is 0 Å². The number of carbonyl (C=O) groups is 1. The zero-order valence-electron chi connectivity index (χ0n) is 15.3. The zero-order chi connectivity index (χ0) is 19.5. The molecule has 1 aliphatic rings. The SMILES string of the molecule is COc1ccccc1C1(C(=O)NCCc2ccc(S(N)(=O)=O)cc2)CCC1. The Labute approximate surface area is 159 Å². The largest absolute Gasteiger partial charge is 0.496 e. The smallest absolute Gasteiger partial charge is 0.238 e. The van der Waals surface area contributed by atoms with Crippen molar-refractivity contribution in [3.8, 4) is 5.75 Å². The van der Waals surface area contributed by atoms with E-state index < -0.39 is 15.4 Å². The number of benzene rings is 2. The minimum Gasteiger partial charge on any atom is -0.496 e. The third-order valence-corrected chi connectivity index (χ3v) is 6.14. The molecule has 0 bridgehead atoms. The van der Waals surface area contributed by atoms with Crippen LogP contribution >= 0.6 is 0 Å². The first kappa shape index (κ1) is 19.4. The van der Waals surface area contributed by atoms with E-state index in [4.69, 9.17) is 9.88 Å². The van der Waals surface area contributed by atoms with Gasteiger partial charge in [0, 0.05) is 12.1 Å². The topological polar surface area (TPSA) is 98.5 Å². The van der Waals surface area contributed by atoms with Crippen LogP contribution in [0.5, 0.6) is 5.75 Å². The molecule has 7 heteroatoms. The third-order valence-electron chi connectivity index (χ3n) is 5.22. The van der Waals surface area contributed by atoms with Crippen LogP contribution < -0.4 is 15.2 Å². The Balaban J connectivity index is 1.65. The van der Waals surface area contributed by atoms with E-state index in [1.165, 1.54) is 12.1 Å². The number of amides is 1. The molecule has 0 spiro atoms. The van der Waals surface area contributed by atoms with E-state index >= 15 is 0 Å². The van der Waals surface area contributed by atoms with Crippen LogP contribution in [0.1, 0.15) is 30.4 Å². The number of primary sulfonamides is 1. The summed E-state index contributed by atoms with van der Waals surface area (Å²) in [7, 11) is -2.07. The minimum absolute atomic E-state index is 0.0133. The highest BCUT2D eigenvalue weighted by atomic mass is 32.2. The highest BCUT2D eigenvalue weighted by molar-refractivity contribution is 7.89. The number of methoxy groups -OCH3 is 1. The van der Waals surface area contributed by atoms with Crippen LogP contribution in [0.25, 0.3) is 0 Å². The van der Waals surface area contributed by atoms with Crippen LogP contribution in [-0.2, 0) is 26.7 Å². The van der Waals surface area contributed by atoms with E-state index in [1.807, 2.05) is 24.3 Å².